The average Bonchev–Trinajstić information content (AvgIpc) is 2.37. The van der Waals surface area contributed by atoms with Crippen LogP contribution in [-0.4, -0.2) is 18.3 Å². The Morgan fingerprint density at radius 2 is 2.16 bits per heavy atom. The fourth-order valence-corrected chi connectivity index (χ4v) is 3.15. The van der Waals surface area contributed by atoms with E-state index in [4.69, 9.17) is 15.2 Å². The van der Waals surface area contributed by atoms with Crippen LogP contribution in [0, 0.1) is 0 Å². The van der Waals surface area contributed by atoms with Gasteiger partial charge >= 0.3 is 0 Å². The Balaban J connectivity index is 1.71. The summed E-state index contributed by atoms with van der Waals surface area (Å²) in [7, 11) is 0. The van der Waals surface area contributed by atoms with Crippen molar-refractivity contribution >= 4 is 0 Å². The summed E-state index contributed by atoms with van der Waals surface area (Å²) < 4.78 is 12.2. The second kappa shape index (κ2) is 5.14. The van der Waals surface area contributed by atoms with E-state index in [2.05, 4.69) is 6.07 Å². The summed E-state index contributed by atoms with van der Waals surface area (Å²) in [4.78, 5) is 0. The van der Waals surface area contributed by atoms with Crippen molar-refractivity contribution in [3.8, 4) is 5.75 Å². The quantitative estimate of drug-likeness (QED) is 0.908. The van der Waals surface area contributed by atoms with Crippen LogP contribution in [0.2, 0.25) is 0 Å². The topological polar surface area (TPSA) is 44.5 Å². The van der Waals surface area contributed by atoms with Gasteiger partial charge in [0.05, 0.1) is 12.2 Å². The van der Waals surface area contributed by atoms with E-state index in [-0.39, 0.29) is 17.7 Å². The molecule has 3 rings (SSSR count). The first kappa shape index (κ1) is 12.9. The average molecular weight is 261 g/mol. The van der Waals surface area contributed by atoms with E-state index in [1.807, 2.05) is 25.1 Å². The van der Waals surface area contributed by atoms with E-state index in [9.17, 15) is 0 Å². The van der Waals surface area contributed by atoms with Crippen LogP contribution in [0.25, 0.3) is 0 Å². The Kier molecular flexibility index (Phi) is 3.50. The zero-order valence-corrected chi connectivity index (χ0v) is 11.6. The van der Waals surface area contributed by atoms with E-state index in [1.54, 1.807) is 0 Å². The summed E-state index contributed by atoms with van der Waals surface area (Å²) >= 11 is 0. The Hall–Kier alpha value is -1.06. The molecule has 2 atom stereocenters. The van der Waals surface area contributed by atoms with Gasteiger partial charge in [-0.05, 0) is 32.3 Å². The van der Waals surface area contributed by atoms with Crippen LogP contribution in [0.5, 0.6) is 5.75 Å². The molecular weight excluding hydrogens is 238 g/mol. The SMILES string of the molecule is C[C@H](N)c1ccccc1OC1CCOC2(CCC2)C1. The Morgan fingerprint density at radius 3 is 2.84 bits per heavy atom. The predicted octanol–water partition coefficient (Wildman–Crippen LogP) is 3.19. The second-order valence-electron chi connectivity index (χ2n) is 5.94. The van der Waals surface area contributed by atoms with E-state index >= 15 is 0 Å². The number of benzene rings is 1. The molecule has 2 N–H and O–H groups in total. The first-order valence-electron chi connectivity index (χ1n) is 7.34. The lowest BCUT2D eigenvalue weighted by Crippen LogP contribution is -2.48. The Labute approximate surface area is 115 Å². The zero-order chi connectivity index (χ0) is 13.3. The molecule has 19 heavy (non-hydrogen) atoms. The first-order chi connectivity index (χ1) is 9.19. The molecule has 1 heterocycles. The highest BCUT2D eigenvalue weighted by atomic mass is 16.5. The van der Waals surface area contributed by atoms with Crippen molar-refractivity contribution in [2.45, 2.75) is 56.8 Å². The van der Waals surface area contributed by atoms with E-state index in [1.165, 1.54) is 19.3 Å². The van der Waals surface area contributed by atoms with Crippen molar-refractivity contribution in [3.63, 3.8) is 0 Å². The molecule has 1 saturated carbocycles. The fraction of sp³-hybridized carbons (Fsp3) is 0.625. The lowest BCUT2D eigenvalue weighted by molar-refractivity contribution is -0.153. The van der Waals surface area contributed by atoms with Crippen LogP contribution in [0.1, 0.15) is 50.6 Å². The normalized spacial score (nSPS) is 26.7. The number of rotatable bonds is 3. The van der Waals surface area contributed by atoms with Gasteiger partial charge in [-0.25, -0.2) is 0 Å². The third-order valence-electron chi connectivity index (χ3n) is 4.42. The van der Waals surface area contributed by atoms with Crippen LogP contribution in [0.3, 0.4) is 0 Å². The second-order valence-corrected chi connectivity index (χ2v) is 5.94. The highest BCUT2D eigenvalue weighted by Crippen LogP contribution is 2.43. The van der Waals surface area contributed by atoms with Gasteiger partial charge in [-0.3, -0.25) is 0 Å². The molecule has 1 aliphatic carbocycles. The van der Waals surface area contributed by atoms with Crippen LogP contribution in [0.15, 0.2) is 24.3 Å². The van der Waals surface area contributed by atoms with Gasteiger partial charge in [0.25, 0.3) is 0 Å². The van der Waals surface area contributed by atoms with Crippen molar-refractivity contribution in [1.29, 1.82) is 0 Å². The van der Waals surface area contributed by atoms with Gasteiger partial charge in [-0.1, -0.05) is 18.2 Å². The van der Waals surface area contributed by atoms with Crippen LogP contribution in [-0.2, 0) is 4.74 Å². The van der Waals surface area contributed by atoms with Gasteiger partial charge in [0, 0.05) is 24.4 Å². The summed E-state index contributed by atoms with van der Waals surface area (Å²) in [6.45, 7) is 2.82. The molecule has 1 spiro atoms. The maximum Gasteiger partial charge on any atom is 0.124 e. The highest BCUT2D eigenvalue weighted by molar-refractivity contribution is 5.35. The third-order valence-corrected chi connectivity index (χ3v) is 4.42. The standard InChI is InChI=1S/C16H23NO2/c1-12(17)14-5-2-3-6-15(14)19-13-7-10-18-16(11-13)8-4-9-16/h2-3,5-6,12-13H,4,7-11,17H2,1H3/t12-,13?/m0/s1. The first-order valence-corrected chi connectivity index (χ1v) is 7.34. The molecule has 0 aromatic heterocycles. The molecule has 104 valence electrons. The lowest BCUT2D eigenvalue weighted by atomic mass is 9.74. The van der Waals surface area contributed by atoms with E-state index in [0.29, 0.717) is 0 Å². The maximum absolute atomic E-state index is 6.22. The van der Waals surface area contributed by atoms with Crippen LogP contribution < -0.4 is 10.5 Å². The van der Waals surface area contributed by atoms with Crippen molar-refractivity contribution < 1.29 is 9.47 Å². The van der Waals surface area contributed by atoms with Crippen LogP contribution in [0.4, 0.5) is 0 Å². The lowest BCUT2D eigenvalue weighted by Gasteiger charge is -2.47. The molecule has 1 aromatic rings. The van der Waals surface area contributed by atoms with Gasteiger partial charge in [0.15, 0.2) is 0 Å². The van der Waals surface area contributed by atoms with Crippen molar-refractivity contribution in [2.24, 2.45) is 5.73 Å². The molecule has 3 heteroatoms. The number of hydrogen-bond acceptors (Lipinski definition) is 3. The molecular formula is C16H23NO2. The molecule has 1 saturated heterocycles. The number of para-hydroxylation sites is 1. The molecule has 3 nitrogen and oxygen atoms in total. The van der Waals surface area contributed by atoms with Gasteiger partial charge in [0.1, 0.15) is 11.9 Å². The predicted molar refractivity (Wildman–Crippen MR) is 75.2 cm³/mol. The largest absolute Gasteiger partial charge is 0.490 e. The summed E-state index contributed by atoms with van der Waals surface area (Å²) in [6, 6.07) is 8.12. The van der Waals surface area contributed by atoms with Crippen molar-refractivity contribution in [2.75, 3.05) is 6.61 Å². The minimum absolute atomic E-state index is 0.00806. The summed E-state index contributed by atoms with van der Waals surface area (Å²) in [6.07, 6.45) is 5.97. The summed E-state index contributed by atoms with van der Waals surface area (Å²) in [5.41, 5.74) is 7.23. The summed E-state index contributed by atoms with van der Waals surface area (Å²) in [5.74, 6) is 0.943. The van der Waals surface area contributed by atoms with Gasteiger partial charge < -0.3 is 15.2 Å². The fourth-order valence-electron chi connectivity index (χ4n) is 3.15. The van der Waals surface area contributed by atoms with E-state index in [0.717, 1.165) is 30.8 Å². The number of ether oxygens (including phenoxy) is 2. The molecule has 1 aromatic carbocycles. The molecule has 0 radical (unpaired) electrons. The minimum Gasteiger partial charge on any atom is -0.490 e. The van der Waals surface area contributed by atoms with Crippen LogP contribution >= 0.6 is 0 Å². The van der Waals surface area contributed by atoms with Crippen molar-refractivity contribution in [1.82, 2.24) is 0 Å². The summed E-state index contributed by atoms with van der Waals surface area (Å²) in [5, 5.41) is 0. The minimum atomic E-state index is 0.00806. The number of hydrogen-bond donors (Lipinski definition) is 1. The molecule has 2 aliphatic rings. The smallest absolute Gasteiger partial charge is 0.124 e. The monoisotopic (exact) mass is 261 g/mol. The third kappa shape index (κ3) is 2.63. The molecule has 0 amide bonds. The molecule has 1 unspecified atom stereocenters. The van der Waals surface area contributed by atoms with Gasteiger partial charge in [-0.15, -0.1) is 0 Å². The molecule has 1 aliphatic heterocycles. The van der Waals surface area contributed by atoms with E-state index < -0.39 is 0 Å². The number of nitrogens with two attached hydrogens (primary N) is 1. The molecule has 2 fully saturated rings. The zero-order valence-electron chi connectivity index (χ0n) is 11.6. The van der Waals surface area contributed by atoms with Crippen molar-refractivity contribution in [3.05, 3.63) is 29.8 Å². The maximum atomic E-state index is 6.22. The van der Waals surface area contributed by atoms with Gasteiger partial charge in [-0.2, -0.15) is 0 Å². The Bertz CT molecular complexity index is 440. The van der Waals surface area contributed by atoms with Gasteiger partial charge in [0.2, 0.25) is 0 Å². The highest BCUT2D eigenvalue weighted by Gasteiger charge is 2.43. The Morgan fingerprint density at radius 1 is 1.37 bits per heavy atom. The molecule has 0 bridgehead atoms.